The maximum Gasteiger partial charge on any atom is 0.220 e. The molecule has 2 unspecified atom stereocenters. The monoisotopic (exact) mass is 399 g/mol. The van der Waals surface area contributed by atoms with Crippen LogP contribution in [0.4, 0.5) is 4.39 Å². The van der Waals surface area contributed by atoms with Crippen molar-refractivity contribution >= 4 is 16.9 Å². The molecule has 28 heavy (non-hydrogen) atoms. The number of halogens is 1. The maximum atomic E-state index is 14.3. The van der Waals surface area contributed by atoms with Crippen molar-refractivity contribution in [1.29, 1.82) is 5.41 Å². The van der Waals surface area contributed by atoms with E-state index in [-0.39, 0.29) is 16.7 Å². The lowest BCUT2D eigenvalue weighted by molar-refractivity contribution is 0.0199. The zero-order chi connectivity index (χ0) is 19.7. The van der Waals surface area contributed by atoms with Crippen LogP contribution >= 0.6 is 11.8 Å². The molecule has 2 heterocycles. The van der Waals surface area contributed by atoms with Crippen molar-refractivity contribution in [3.05, 3.63) is 48.0 Å². The molecule has 1 fully saturated rings. The summed E-state index contributed by atoms with van der Waals surface area (Å²) in [5, 5.41) is 7.69. The second kappa shape index (κ2) is 7.74. The van der Waals surface area contributed by atoms with Gasteiger partial charge < -0.3 is 10.5 Å². The molecule has 6 heteroatoms. The van der Waals surface area contributed by atoms with E-state index in [1.165, 1.54) is 30.8 Å². The molecular weight excluding hydrogens is 373 g/mol. The van der Waals surface area contributed by atoms with Crippen LogP contribution in [0.3, 0.4) is 0 Å². The fourth-order valence-corrected chi connectivity index (χ4v) is 5.62. The highest BCUT2D eigenvalue weighted by molar-refractivity contribution is 8.13. The van der Waals surface area contributed by atoms with Gasteiger partial charge in [0, 0.05) is 34.4 Å². The van der Waals surface area contributed by atoms with Crippen molar-refractivity contribution in [2.45, 2.75) is 50.5 Å². The van der Waals surface area contributed by atoms with Gasteiger partial charge in [-0.15, -0.1) is 0 Å². The molecule has 3 N–H and O–H groups in total. The molecule has 2 aromatic rings. The second-order valence-corrected chi connectivity index (χ2v) is 9.12. The normalized spacial score (nSPS) is 26.1. The van der Waals surface area contributed by atoms with E-state index >= 15 is 0 Å². The summed E-state index contributed by atoms with van der Waals surface area (Å²) in [5.41, 5.74) is 7.96. The van der Waals surface area contributed by atoms with Gasteiger partial charge in [0.25, 0.3) is 0 Å². The number of hydrogen-bond acceptors (Lipinski definition) is 4. The Morgan fingerprint density at radius 3 is 2.96 bits per heavy atom. The number of benzene rings is 1. The zero-order valence-electron chi connectivity index (χ0n) is 16.1. The van der Waals surface area contributed by atoms with Crippen LogP contribution in [-0.2, 0) is 5.41 Å². The predicted octanol–water partition coefficient (Wildman–Crippen LogP) is 5.11. The van der Waals surface area contributed by atoms with Crippen molar-refractivity contribution in [3.8, 4) is 16.9 Å². The Hall–Kier alpha value is -2.08. The third kappa shape index (κ3) is 3.50. The summed E-state index contributed by atoms with van der Waals surface area (Å²) >= 11 is 1.39. The number of nitrogens with zero attached hydrogens (tertiary/aromatic N) is 1. The van der Waals surface area contributed by atoms with Crippen LogP contribution in [-0.4, -0.2) is 22.0 Å². The van der Waals surface area contributed by atoms with Crippen LogP contribution in [0.25, 0.3) is 11.1 Å². The van der Waals surface area contributed by atoms with Crippen molar-refractivity contribution in [2.24, 2.45) is 11.7 Å². The topological polar surface area (TPSA) is 72.0 Å². The minimum Gasteiger partial charge on any atom is -0.490 e. The number of fused-ring (bicyclic) bond motifs is 2. The van der Waals surface area contributed by atoms with Gasteiger partial charge in [-0.2, -0.15) is 4.39 Å². The van der Waals surface area contributed by atoms with E-state index in [0.29, 0.717) is 11.5 Å². The van der Waals surface area contributed by atoms with Gasteiger partial charge in [0.15, 0.2) is 5.17 Å². The van der Waals surface area contributed by atoms with E-state index in [2.05, 4.69) is 18.0 Å². The lowest BCUT2D eigenvalue weighted by Crippen LogP contribution is -2.48. The molecule has 4 rings (SSSR count). The number of amidine groups is 1. The van der Waals surface area contributed by atoms with Gasteiger partial charge in [-0.05, 0) is 55.5 Å². The number of ether oxygens (including phenoxy) is 1. The van der Waals surface area contributed by atoms with Crippen LogP contribution in [0.5, 0.6) is 5.75 Å². The molecule has 1 aliphatic carbocycles. The van der Waals surface area contributed by atoms with E-state index in [9.17, 15) is 4.39 Å². The summed E-state index contributed by atoms with van der Waals surface area (Å²) < 4.78 is 20.7. The van der Waals surface area contributed by atoms with Crippen LogP contribution in [0.2, 0.25) is 0 Å². The molecule has 1 saturated carbocycles. The largest absolute Gasteiger partial charge is 0.490 e. The first-order valence-corrected chi connectivity index (χ1v) is 10.9. The Balaban J connectivity index is 1.76. The fourth-order valence-electron chi connectivity index (χ4n) is 4.87. The van der Waals surface area contributed by atoms with Crippen LogP contribution < -0.4 is 10.5 Å². The number of aromatic nitrogens is 1. The van der Waals surface area contributed by atoms with Gasteiger partial charge in [-0.1, -0.05) is 31.2 Å². The molecular formula is C22H26FN3OS. The molecule has 148 valence electrons. The van der Waals surface area contributed by atoms with Crippen molar-refractivity contribution < 1.29 is 9.13 Å². The van der Waals surface area contributed by atoms with Gasteiger partial charge in [-0.3, -0.25) is 5.41 Å². The highest BCUT2D eigenvalue weighted by Gasteiger charge is 2.47. The van der Waals surface area contributed by atoms with E-state index < -0.39 is 5.95 Å². The number of thioether (sulfide) groups is 1. The Labute approximate surface area is 169 Å². The first-order valence-electron chi connectivity index (χ1n) is 9.88. The summed E-state index contributed by atoms with van der Waals surface area (Å²) in [5.74, 6) is 1.67. The van der Waals surface area contributed by atoms with E-state index in [4.69, 9.17) is 15.9 Å². The molecule has 2 aliphatic rings. The van der Waals surface area contributed by atoms with Crippen molar-refractivity contribution in [2.75, 3.05) is 5.75 Å². The Morgan fingerprint density at radius 1 is 1.36 bits per heavy atom. The quantitative estimate of drug-likeness (QED) is 0.425. The molecule has 1 aromatic carbocycles. The zero-order valence-corrected chi connectivity index (χ0v) is 16.9. The van der Waals surface area contributed by atoms with E-state index in [1.807, 2.05) is 12.1 Å². The predicted molar refractivity (Wildman–Crippen MR) is 112 cm³/mol. The molecule has 3 atom stereocenters. The first kappa shape index (κ1) is 19.2. The highest BCUT2D eigenvalue weighted by Crippen LogP contribution is 2.52. The first-order chi connectivity index (χ1) is 13.5. The smallest absolute Gasteiger partial charge is 0.220 e. The SMILES string of the molecule is CC1(CCSC(=N)N)c2cc(-c3cccnc3F)ccc2OC2CCCC[C@H]21. The van der Waals surface area contributed by atoms with E-state index in [1.54, 1.807) is 12.1 Å². The van der Waals surface area contributed by atoms with Gasteiger partial charge in [0.05, 0.1) is 0 Å². The van der Waals surface area contributed by atoms with Gasteiger partial charge >= 0.3 is 0 Å². The summed E-state index contributed by atoms with van der Waals surface area (Å²) in [6.07, 6.45) is 7.24. The Bertz CT molecular complexity index is 890. The summed E-state index contributed by atoms with van der Waals surface area (Å²) in [7, 11) is 0. The van der Waals surface area contributed by atoms with Crippen LogP contribution in [0, 0.1) is 17.3 Å². The highest BCUT2D eigenvalue weighted by atomic mass is 32.2. The van der Waals surface area contributed by atoms with Crippen molar-refractivity contribution in [3.63, 3.8) is 0 Å². The van der Waals surface area contributed by atoms with E-state index in [0.717, 1.165) is 41.9 Å². The average Bonchev–Trinajstić information content (AvgIpc) is 2.68. The van der Waals surface area contributed by atoms with Crippen LogP contribution in [0.15, 0.2) is 36.5 Å². The molecule has 0 radical (unpaired) electrons. The average molecular weight is 400 g/mol. The lowest BCUT2D eigenvalue weighted by Gasteiger charge is -2.49. The Kier molecular flexibility index (Phi) is 5.32. The molecule has 4 nitrogen and oxygen atoms in total. The molecule has 0 amide bonds. The molecule has 0 saturated heterocycles. The van der Waals surface area contributed by atoms with Gasteiger partial charge in [-0.25, -0.2) is 4.98 Å². The molecule has 0 bridgehead atoms. The number of nitrogens with one attached hydrogen (secondary N) is 1. The number of pyridine rings is 1. The minimum atomic E-state index is -0.455. The molecule has 1 aromatic heterocycles. The maximum absolute atomic E-state index is 14.3. The molecule has 0 spiro atoms. The van der Waals surface area contributed by atoms with Gasteiger partial charge in [0.2, 0.25) is 5.95 Å². The number of rotatable bonds is 4. The summed E-state index contributed by atoms with van der Waals surface area (Å²) in [6.45, 7) is 2.31. The Morgan fingerprint density at radius 2 is 2.18 bits per heavy atom. The third-order valence-corrected chi connectivity index (χ3v) is 7.06. The van der Waals surface area contributed by atoms with Crippen LogP contribution in [0.1, 0.15) is 44.6 Å². The number of hydrogen-bond donors (Lipinski definition) is 2. The minimum absolute atomic E-state index is 0.0875. The second-order valence-electron chi connectivity index (χ2n) is 7.98. The third-order valence-electron chi connectivity index (χ3n) is 6.34. The number of nitrogens with two attached hydrogens (primary N) is 1. The fraction of sp³-hybridized carbons (Fsp3) is 0.455. The summed E-state index contributed by atoms with van der Waals surface area (Å²) in [4.78, 5) is 3.80. The summed E-state index contributed by atoms with van der Waals surface area (Å²) in [6, 6.07) is 9.51. The van der Waals surface area contributed by atoms with Gasteiger partial charge in [0.1, 0.15) is 11.9 Å². The molecule has 1 aliphatic heterocycles. The lowest BCUT2D eigenvalue weighted by atomic mass is 9.62. The van der Waals surface area contributed by atoms with Crippen molar-refractivity contribution in [1.82, 2.24) is 4.98 Å². The standard InChI is InChI=1S/C22H26FN3OS/c1-22(10-12-28-21(24)25)16-6-2-3-7-18(16)27-19-9-8-14(13-17(19)22)15-5-4-11-26-20(15)23/h4-5,8-9,11,13,16,18H,2-3,6-7,10,12H2,1H3,(H3,24,25)/t16-,18?,22?/m1/s1.